The molecular formula is C14H13F3N2OS. The fourth-order valence-electron chi connectivity index (χ4n) is 2.51. The Balaban J connectivity index is 2.06. The molecule has 1 aliphatic heterocycles. The molecular weight excluding hydrogens is 301 g/mol. The molecule has 0 radical (unpaired) electrons. The number of halogens is 3. The topological polar surface area (TPSA) is 35.8 Å². The van der Waals surface area contributed by atoms with E-state index in [1.165, 1.54) is 11.3 Å². The Hall–Kier alpha value is -1.60. The largest absolute Gasteiger partial charge is 0.438 e. The van der Waals surface area contributed by atoms with Gasteiger partial charge in [0.05, 0.1) is 17.0 Å². The maximum Gasteiger partial charge on any atom is 0.438 e. The van der Waals surface area contributed by atoms with E-state index in [4.69, 9.17) is 0 Å². The Bertz CT molecular complexity index is 737. The lowest BCUT2D eigenvalue weighted by atomic mass is 10.0. The van der Waals surface area contributed by atoms with Crippen LogP contribution in [0.2, 0.25) is 0 Å². The predicted molar refractivity (Wildman–Crippen MR) is 76.5 cm³/mol. The summed E-state index contributed by atoms with van der Waals surface area (Å²) in [6.45, 7) is 1.86. The Morgan fingerprint density at radius 2 is 2.00 bits per heavy atom. The van der Waals surface area contributed by atoms with Crippen LogP contribution in [0.25, 0.3) is 10.1 Å². The molecule has 1 aliphatic rings. The third-order valence-corrected chi connectivity index (χ3v) is 5.10. The Labute approximate surface area is 123 Å². The molecule has 0 bridgehead atoms. The zero-order valence-corrected chi connectivity index (χ0v) is 12.2. The minimum atomic E-state index is -4.75. The summed E-state index contributed by atoms with van der Waals surface area (Å²) >= 11 is 1.40. The summed E-state index contributed by atoms with van der Waals surface area (Å²) < 4.78 is 40.1. The molecule has 0 spiro atoms. The number of benzene rings is 1. The Morgan fingerprint density at radius 3 is 2.57 bits per heavy atom. The summed E-state index contributed by atoms with van der Waals surface area (Å²) in [7, 11) is 1.14. The van der Waals surface area contributed by atoms with Crippen LogP contribution in [-0.2, 0) is 0 Å². The summed E-state index contributed by atoms with van der Waals surface area (Å²) in [5, 5.41) is 15.4. The molecule has 1 N–H and O–H groups in total. The van der Waals surface area contributed by atoms with E-state index in [1.54, 1.807) is 0 Å². The molecule has 0 fully saturated rings. The van der Waals surface area contributed by atoms with Crippen molar-refractivity contribution in [3.8, 4) is 0 Å². The van der Waals surface area contributed by atoms with Gasteiger partial charge in [0, 0.05) is 11.7 Å². The average molecular weight is 314 g/mol. The van der Waals surface area contributed by atoms with Gasteiger partial charge in [-0.15, -0.1) is 11.3 Å². The molecule has 1 atom stereocenters. The minimum absolute atomic E-state index is 0.274. The zero-order valence-electron chi connectivity index (χ0n) is 11.4. The molecule has 21 heavy (non-hydrogen) atoms. The van der Waals surface area contributed by atoms with Crippen molar-refractivity contribution in [2.75, 3.05) is 7.05 Å². The van der Waals surface area contributed by atoms with Crippen LogP contribution in [0.4, 0.5) is 13.2 Å². The first kappa shape index (κ1) is 14.3. The van der Waals surface area contributed by atoms with Gasteiger partial charge in [-0.05, 0) is 23.9 Å². The molecule has 112 valence electrons. The van der Waals surface area contributed by atoms with E-state index in [9.17, 15) is 18.3 Å². The second-order valence-electron chi connectivity index (χ2n) is 5.11. The molecule has 1 aromatic heterocycles. The smallest absolute Gasteiger partial charge is 0.362 e. The maximum absolute atomic E-state index is 13.0. The van der Waals surface area contributed by atoms with Crippen molar-refractivity contribution in [3.63, 3.8) is 0 Å². The van der Waals surface area contributed by atoms with Crippen LogP contribution >= 0.6 is 11.3 Å². The highest BCUT2D eigenvalue weighted by atomic mass is 32.1. The molecule has 1 aromatic carbocycles. The summed E-state index contributed by atoms with van der Waals surface area (Å²) in [5.74, 6) is 0. The van der Waals surface area contributed by atoms with Gasteiger partial charge < -0.3 is 5.11 Å². The standard InChI is InChI=1S/C14H13F3N2OS/c1-8-9-5-3-4-6-11(9)21-12(8)10-7-13(20,14(15,16)17)19(2)18-10/h3-6,20H,7H2,1-2H3/t13-/m1/s1. The van der Waals surface area contributed by atoms with E-state index in [0.29, 0.717) is 9.89 Å². The lowest BCUT2D eigenvalue weighted by molar-refractivity contribution is -0.303. The lowest BCUT2D eigenvalue weighted by Gasteiger charge is -2.31. The highest BCUT2D eigenvalue weighted by molar-refractivity contribution is 7.21. The van der Waals surface area contributed by atoms with Crippen molar-refractivity contribution in [2.24, 2.45) is 5.10 Å². The van der Waals surface area contributed by atoms with Crippen LogP contribution in [0.5, 0.6) is 0 Å². The Morgan fingerprint density at radius 1 is 1.33 bits per heavy atom. The molecule has 0 amide bonds. The highest BCUT2D eigenvalue weighted by Crippen LogP contribution is 2.42. The van der Waals surface area contributed by atoms with Gasteiger partial charge in [0.1, 0.15) is 0 Å². The number of nitrogens with zero attached hydrogens (tertiary/aromatic N) is 2. The normalized spacial score (nSPS) is 23.0. The number of alkyl halides is 3. The molecule has 0 aliphatic carbocycles. The van der Waals surface area contributed by atoms with Crippen molar-refractivity contribution >= 4 is 27.1 Å². The van der Waals surface area contributed by atoms with Crippen molar-refractivity contribution in [1.82, 2.24) is 5.01 Å². The van der Waals surface area contributed by atoms with Crippen LogP contribution in [-0.4, -0.2) is 34.8 Å². The molecule has 7 heteroatoms. The number of rotatable bonds is 1. The average Bonchev–Trinajstić information content (AvgIpc) is 2.89. The summed E-state index contributed by atoms with van der Waals surface area (Å²) in [6.07, 6.45) is -5.31. The van der Waals surface area contributed by atoms with Crippen LogP contribution in [0, 0.1) is 6.92 Å². The molecule has 3 nitrogen and oxygen atoms in total. The quantitative estimate of drug-likeness (QED) is 0.874. The van der Waals surface area contributed by atoms with Crippen molar-refractivity contribution < 1.29 is 18.3 Å². The van der Waals surface area contributed by atoms with Crippen molar-refractivity contribution in [3.05, 3.63) is 34.7 Å². The molecule has 2 heterocycles. The van der Waals surface area contributed by atoms with Crippen molar-refractivity contribution in [1.29, 1.82) is 0 Å². The predicted octanol–water partition coefficient (Wildman–Crippen LogP) is 3.50. The van der Waals surface area contributed by atoms with Crippen LogP contribution < -0.4 is 0 Å². The molecule has 0 saturated carbocycles. The van der Waals surface area contributed by atoms with E-state index in [-0.39, 0.29) is 5.71 Å². The van der Waals surface area contributed by atoms with Crippen molar-refractivity contribution in [2.45, 2.75) is 25.2 Å². The summed E-state index contributed by atoms with van der Waals surface area (Å²) in [5.41, 5.74) is -1.75. The fourth-order valence-corrected chi connectivity index (χ4v) is 3.70. The Kier molecular flexibility index (Phi) is 3.04. The van der Waals surface area contributed by atoms with Gasteiger partial charge >= 0.3 is 6.18 Å². The van der Waals surface area contributed by atoms with Gasteiger partial charge in [-0.25, -0.2) is 0 Å². The molecule has 0 unspecified atom stereocenters. The monoisotopic (exact) mass is 314 g/mol. The number of hydrogen-bond donors (Lipinski definition) is 1. The zero-order chi connectivity index (χ0) is 15.4. The van der Waals surface area contributed by atoms with Crippen LogP contribution in [0.1, 0.15) is 16.9 Å². The van der Waals surface area contributed by atoms with Gasteiger partial charge in [-0.2, -0.15) is 18.3 Å². The maximum atomic E-state index is 13.0. The van der Waals surface area contributed by atoms with E-state index in [2.05, 4.69) is 5.10 Å². The van der Waals surface area contributed by atoms with Crippen LogP contribution in [0.15, 0.2) is 29.4 Å². The lowest BCUT2D eigenvalue weighted by Crippen LogP contribution is -2.53. The fraction of sp³-hybridized carbons (Fsp3) is 0.357. The first-order chi connectivity index (χ1) is 9.74. The third-order valence-electron chi connectivity index (χ3n) is 3.78. The van der Waals surface area contributed by atoms with Crippen LogP contribution in [0.3, 0.4) is 0 Å². The van der Waals surface area contributed by atoms with Gasteiger partial charge in [0.15, 0.2) is 0 Å². The number of thiophene rings is 1. The second kappa shape index (κ2) is 4.45. The number of hydrogen-bond acceptors (Lipinski definition) is 4. The number of aryl methyl sites for hydroxylation is 1. The SMILES string of the molecule is Cc1c(C2=NN(C)[C@](O)(C(F)(F)F)C2)sc2ccccc12. The van der Waals surface area contributed by atoms with Gasteiger partial charge in [-0.3, -0.25) is 5.01 Å². The minimum Gasteiger partial charge on any atom is -0.362 e. The third kappa shape index (κ3) is 2.03. The van der Waals surface area contributed by atoms with E-state index >= 15 is 0 Å². The van der Waals surface area contributed by atoms with Gasteiger partial charge in [0.2, 0.25) is 0 Å². The second-order valence-corrected chi connectivity index (χ2v) is 6.17. The number of hydrazone groups is 1. The molecule has 3 rings (SSSR count). The van der Waals surface area contributed by atoms with Gasteiger partial charge in [-0.1, -0.05) is 18.2 Å². The summed E-state index contributed by atoms with van der Waals surface area (Å²) in [4.78, 5) is 0.697. The first-order valence-electron chi connectivity index (χ1n) is 6.33. The number of aliphatic hydroxyl groups is 1. The molecule has 2 aromatic rings. The molecule has 0 saturated heterocycles. The summed E-state index contributed by atoms with van der Waals surface area (Å²) in [6, 6.07) is 7.63. The number of fused-ring (bicyclic) bond motifs is 1. The van der Waals surface area contributed by atoms with E-state index in [0.717, 1.165) is 22.7 Å². The first-order valence-corrected chi connectivity index (χ1v) is 7.14. The van der Waals surface area contributed by atoms with Gasteiger partial charge in [0.25, 0.3) is 5.72 Å². The highest BCUT2D eigenvalue weighted by Gasteiger charge is 2.60. The van der Waals surface area contributed by atoms with E-state index in [1.807, 2.05) is 31.2 Å². The van der Waals surface area contributed by atoms with E-state index < -0.39 is 18.3 Å².